The highest BCUT2D eigenvalue weighted by molar-refractivity contribution is 6.04. The predicted octanol–water partition coefficient (Wildman–Crippen LogP) is 2.65. The third-order valence-corrected chi connectivity index (χ3v) is 4.54. The van der Waals surface area contributed by atoms with Crippen molar-refractivity contribution in [1.29, 1.82) is 0 Å². The first-order chi connectivity index (χ1) is 12.9. The molecule has 0 saturated carbocycles. The molecule has 1 fully saturated rings. The summed E-state index contributed by atoms with van der Waals surface area (Å²) in [5.74, 6) is -0.686. The number of nitrogens with zero attached hydrogens (tertiary/aromatic N) is 1. The average molecular weight is 367 g/mol. The van der Waals surface area contributed by atoms with E-state index in [2.05, 4.69) is 24.1 Å². The Kier molecular flexibility index (Phi) is 5.88. The molecule has 6 heteroatoms. The number of hydrogen-bond acceptors (Lipinski definition) is 4. The molecule has 0 bridgehead atoms. The van der Waals surface area contributed by atoms with Gasteiger partial charge in [0.05, 0.1) is 12.2 Å². The van der Waals surface area contributed by atoms with Gasteiger partial charge in [-0.15, -0.1) is 0 Å². The monoisotopic (exact) mass is 367 g/mol. The van der Waals surface area contributed by atoms with Gasteiger partial charge in [0, 0.05) is 36.4 Å². The highest BCUT2D eigenvalue weighted by Gasteiger charge is 2.22. The van der Waals surface area contributed by atoms with E-state index in [4.69, 9.17) is 10.5 Å². The second-order valence-electron chi connectivity index (χ2n) is 7.04. The van der Waals surface area contributed by atoms with Gasteiger partial charge >= 0.3 is 0 Å². The summed E-state index contributed by atoms with van der Waals surface area (Å²) in [5.41, 5.74) is 7.99. The zero-order chi connectivity index (χ0) is 19.4. The van der Waals surface area contributed by atoms with Crippen LogP contribution in [0.1, 0.15) is 40.1 Å². The summed E-state index contributed by atoms with van der Waals surface area (Å²) < 4.78 is 5.76. The van der Waals surface area contributed by atoms with E-state index in [1.165, 1.54) is 5.56 Å². The van der Waals surface area contributed by atoms with Gasteiger partial charge in [0.25, 0.3) is 5.91 Å². The summed E-state index contributed by atoms with van der Waals surface area (Å²) in [4.78, 5) is 25.9. The van der Waals surface area contributed by atoms with Gasteiger partial charge in [-0.05, 0) is 55.8 Å². The minimum absolute atomic E-state index is 0.193. The second-order valence-corrected chi connectivity index (χ2v) is 7.04. The Morgan fingerprint density at radius 3 is 2.11 bits per heavy atom. The Balaban J connectivity index is 1.59. The highest BCUT2D eigenvalue weighted by Crippen LogP contribution is 2.16. The van der Waals surface area contributed by atoms with Crippen molar-refractivity contribution in [1.82, 2.24) is 4.90 Å². The maximum Gasteiger partial charge on any atom is 0.255 e. The van der Waals surface area contributed by atoms with Crippen LogP contribution in [0.4, 0.5) is 5.69 Å². The highest BCUT2D eigenvalue weighted by atomic mass is 16.5. The van der Waals surface area contributed by atoms with E-state index in [0.717, 1.165) is 19.6 Å². The maximum atomic E-state index is 12.4. The fraction of sp³-hybridized carbons (Fsp3) is 0.333. The standard InChI is InChI=1S/C21H25N3O3/c1-14-11-24(12-15(2)27-14)13-16-3-5-18(6-4-16)21(26)23-19-9-7-17(8-10-19)20(22)25/h3-10,14-15H,11-13H2,1-2H3,(H2,22,25)(H,23,26). The Hall–Kier alpha value is -2.70. The van der Waals surface area contributed by atoms with Gasteiger partial charge < -0.3 is 15.8 Å². The first kappa shape index (κ1) is 19.1. The number of nitrogens with two attached hydrogens (primary N) is 1. The lowest BCUT2D eigenvalue weighted by Gasteiger charge is -2.35. The Morgan fingerprint density at radius 2 is 1.56 bits per heavy atom. The summed E-state index contributed by atoms with van der Waals surface area (Å²) in [7, 11) is 0. The third kappa shape index (κ3) is 5.15. The number of benzene rings is 2. The van der Waals surface area contributed by atoms with Gasteiger partial charge in [0.1, 0.15) is 0 Å². The van der Waals surface area contributed by atoms with Gasteiger partial charge in [-0.25, -0.2) is 0 Å². The molecule has 3 rings (SSSR count). The van der Waals surface area contributed by atoms with Crippen molar-refractivity contribution < 1.29 is 14.3 Å². The van der Waals surface area contributed by atoms with E-state index >= 15 is 0 Å². The predicted molar refractivity (Wildman–Crippen MR) is 105 cm³/mol. The quantitative estimate of drug-likeness (QED) is 0.851. The van der Waals surface area contributed by atoms with Crippen LogP contribution in [0.3, 0.4) is 0 Å². The molecular formula is C21H25N3O3. The smallest absolute Gasteiger partial charge is 0.255 e. The van der Waals surface area contributed by atoms with Gasteiger partial charge in [0.15, 0.2) is 0 Å². The van der Waals surface area contributed by atoms with Crippen LogP contribution in [0.2, 0.25) is 0 Å². The molecular weight excluding hydrogens is 342 g/mol. The molecule has 1 heterocycles. The van der Waals surface area contributed by atoms with Crippen molar-refractivity contribution in [2.75, 3.05) is 18.4 Å². The topological polar surface area (TPSA) is 84.7 Å². The summed E-state index contributed by atoms with van der Waals surface area (Å²) in [6.45, 7) is 6.84. The number of nitrogens with one attached hydrogen (secondary N) is 1. The zero-order valence-corrected chi connectivity index (χ0v) is 15.6. The first-order valence-electron chi connectivity index (χ1n) is 9.08. The van der Waals surface area contributed by atoms with E-state index in [0.29, 0.717) is 16.8 Å². The molecule has 2 aromatic carbocycles. The molecule has 142 valence electrons. The number of anilines is 1. The van der Waals surface area contributed by atoms with E-state index in [1.807, 2.05) is 24.3 Å². The van der Waals surface area contributed by atoms with Crippen LogP contribution in [0.5, 0.6) is 0 Å². The van der Waals surface area contributed by atoms with Crippen molar-refractivity contribution in [2.24, 2.45) is 5.73 Å². The van der Waals surface area contributed by atoms with Crippen LogP contribution in [0.25, 0.3) is 0 Å². The SMILES string of the molecule is CC1CN(Cc2ccc(C(=O)Nc3ccc(C(N)=O)cc3)cc2)CC(C)O1. The second kappa shape index (κ2) is 8.33. The molecule has 2 aromatic rings. The molecule has 6 nitrogen and oxygen atoms in total. The number of carbonyl (C=O) groups excluding carboxylic acids is 2. The molecule has 0 aromatic heterocycles. The van der Waals surface area contributed by atoms with Crippen LogP contribution in [0.15, 0.2) is 48.5 Å². The van der Waals surface area contributed by atoms with E-state index in [1.54, 1.807) is 24.3 Å². The van der Waals surface area contributed by atoms with Crippen molar-refractivity contribution >= 4 is 17.5 Å². The van der Waals surface area contributed by atoms with Gasteiger partial charge in [-0.3, -0.25) is 14.5 Å². The van der Waals surface area contributed by atoms with Crippen LogP contribution >= 0.6 is 0 Å². The van der Waals surface area contributed by atoms with E-state index in [-0.39, 0.29) is 18.1 Å². The summed E-state index contributed by atoms with van der Waals surface area (Å²) in [5, 5.41) is 2.82. The molecule has 0 radical (unpaired) electrons. The van der Waals surface area contributed by atoms with Crippen molar-refractivity contribution in [2.45, 2.75) is 32.6 Å². The zero-order valence-electron chi connectivity index (χ0n) is 15.6. The Bertz CT molecular complexity index is 792. The lowest BCUT2D eigenvalue weighted by Crippen LogP contribution is -2.44. The lowest BCUT2D eigenvalue weighted by molar-refractivity contribution is -0.0704. The van der Waals surface area contributed by atoms with Crippen LogP contribution in [-0.2, 0) is 11.3 Å². The molecule has 1 aliphatic heterocycles. The lowest BCUT2D eigenvalue weighted by atomic mass is 10.1. The average Bonchev–Trinajstić information content (AvgIpc) is 2.62. The Labute approximate surface area is 159 Å². The van der Waals surface area contributed by atoms with Crippen LogP contribution in [-0.4, -0.2) is 42.0 Å². The largest absolute Gasteiger partial charge is 0.373 e. The number of rotatable bonds is 5. The number of hydrogen-bond donors (Lipinski definition) is 2. The first-order valence-corrected chi connectivity index (χ1v) is 9.08. The van der Waals surface area contributed by atoms with Gasteiger partial charge in [-0.2, -0.15) is 0 Å². The number of amides is 2. The van der Waals surface area contributed by atoms with E-state index < -0.39 is 5.91 Å². The normalized spacial score (nSPS) is 20.2. The van der Waals surface area contributed by atoms with Gasteiger partial charge in [-0.1, -0.05) is 12.1 Å². The Morgan fingerprint density at radius 1 is 1.00 bits per heavy atom. The molecule has 0 spiro atoms. The molecule has 2 amide bonds. The summed E-state index contributed by atoms with van der Waals surface area (Å²) in [6, 6.07) is 14.1. The number of morpholine rings is 1. The summed E-state index contributed by atoms with van der Waals surface area (Å²) >= 11 is 0. The number of ether oxygens (including phenoxy) is 1. The van der Waals surface area contributed by atoms with Crippen molar-refractivity contribution in [3.63, 3.8) is 0 Å². The van der Waals surface area contributed by atoms with Crippen LogP contribution in [0, 0.1) is 0 Å². The maximum absolute atomic E-state index is 12.4. The molecule has 1 saturated heterocycles. The van der Waals surface area contributed by atoms with E-state index in [9.17, 15) is 9.59 Å². The molecule has 2 atom stereocenters. The third-order valence-electron chi connectivity index (χ3n) is 4.54. The number of carbonyl (C=O) groups is 2. The van der Waals surface area contributed by atoms with Crippen molar-refractivity contribution in [3.05, 3.63) is 65.2 Å². The fourth-order valence-corrected chi connectivity index (χ4v) is 3.35. The molecule has 2 unspecified atom stereocenters. The molecule has 0 aliphatic carbocycles. The molecule has 3 N–H and O–H groups in total. The summed E-state index contributed by atoms with van der Waals surface area (Å²) in [6.07, 6.45) is 0.472. The van der Waals surface area contributed by atoms with Gasteiger partial charge in [0.2, 0.25) is 5.91 Å². The van der Waals surface area contributed by atoms with Crippen LogP contribution < -0.4 is 11.1 Å². The fourth-order valence-electron chi connectivity index (χ4n) is 3.35. The minimum atomic E-state index is -0.493. The van der Waals surface area contributed by atoms with Crippen molar-refractivity contribution in [3.8, 4) is 0 Å². The number of primary amides is 1. The molecule has 1 aliphatic rings. The minimum Gasteiger partial charge on any atom is -0.373 e. The molecule has 27 heavy (non-hydrogen) atoms.